The molecular formula is C20H30N2O2. The summed E-state index contributed by atoms with van der Waals surface area (Å²) in [6, 6.07) is 5.28. The highest BCUT2D eigenvalue weighted by atomic mass is 16.5. The third kappa shape index (κ3) is 3.92. The average Bonchev–Trinajstić information content (AvgIpc) is 2.65. The minimum absolute atomic E-state index is 0.240. The zero-order valence-corrected chi connectivity index (χ0v) is 14.8. The third-order valence-electron chi connectivity index (χ3n) is 5.66. The molecule has 1 aliphatic heterocycles. The molecule has 1 aromatic rings. The quantitative estimate of drug-likeness (QED) is 0.830. The van der Waals surface area contributed by atoms with Crippen LogP contribution in [0.3, 0.4) is 0 Å². The Labute approximate surface area is 145 Å². The molecule has 1 N–H and O–H groups in total. The van der Waals surface area contributed by atoms with Crippen LogP contribution >= 0.6 is 0 Å². The number of hydrogen-bond donors (Lipinski definition) is 1. The first-order valence-corrected chi connectivity index (χ1v) is 9.35. The smallest absolute Gasteiger partial charge is 0.124 e. The molecule has 2 fully saturated rings. The summed E-state index contributed by atoms with van der Waals surface area (Å²) in [5, 5.41) is 10.0. The normalized spacial score (nSPS) is 21.9. The molecule has 1 heterocycles. The van der Waals surface area contributed by atoms with Gasteiger partial charge >= 0.3 is 0 Å². The first kappa shape index (κ1) is 17.3. The van der Waals surface area contributed by atoms with Crippen molar-refractivity contribution < 1.29 is 9.84 Å². The van der Waals surface area contributed by atoms with E-state index in [4.69, 9.17) is 9.73 Å². The van der Waals surface area contributed by atoms with Crippen molar-refractivity contribution in [3.05, 3.63) is 23.8 Å². The summed E-state index contributed by atoms with van der Waals surface area (Å²) in [4.78, 5) is 7.47. The molecule has 1 aliphatic carbocycles. The van der Waals surface area contributed by atoms with Gasteiger partial charge in [-0.15, -0.1) is 0 Å². The van der Waals surface area contributed by atoms with Gasteiger partial charge in [0, 0.05) is 17.3 Å². The van der Waals surface area contributed by atoms with Gasteiger partial charge < -0.3 is 9.84 Å². The fourth-order valence-electron chi connectivity index (χ4n) is 4.23. The zero-order valence-electron chi connectivity index (χ0n) is 14.8. The SMILES string of the molecule is COc1ccc(O)c(C=NCC2(N3CCCCC3)CCCCC2)c1. The number of phenolic OH excluding ortho intramolecular Hbond substituents is 1. The molecule has 4 nitrogen and oxygen atoms in total. The number of ether oxygens (including phenoxy) is 1. The van der Waals surface area contributed by atoms with Crippen LogP contribution in [-0.4, -0.2) is 48.5 Å². The van der Waals surface area contributed by atoms with E-state index in [0.29, 0.717) is 0 Å². The van der Waals surface area contributed by atoms with E-state index in [0.717, 1.165) is 17.9 Å². The van der Waals surface area contributed by atoms with E-state index in [1.807, 2.05) is 12.3 Å². The molecule has 0 amide bonds. The van der Waals surface area contributed by atoms with Gasteiger partial charge in [-0.3, -0.25) is 9.89 Å². The van der Waals surface area contributed by atoms with Crippen molar-refractivity contribution >= 4 is 6.21 Å². The number of hydrogen-bond acceptors (Lipinski definition) is 4. The highest BCUT2D eigenvalue weighted by Gasteiger charge is 2.37. The number of nitrogens with zero attached hydrogens (tertiary/aromatic N) is 2. The number of phenols is 1. The highest BCUT2D eigenvalue weighted by Crippen LogP contribution is 2.36. The number of aromatic hydroxyl groups is 1. The molecule has 0 atom stereocenters. The van der Waals surface area contributed by atoms with Crippen LogP contribution in [0.5, 0.6) is 11.5 Å². The second-order valence-electron chi connectivity index (χ2n) is 7.23. The maximum atomic E-state index is 10.0. The molecule has 3 rings (SSSR count). The lowest BCUT2D eigenvalue weighted by atomic mass is 9.79. The number of rotatable bonds is 5. The number of likely N-dealkylation sites (tertiary alicyclic amines) is 1. The van der Waals surface area contributed by atoms with Gasteiger partial charge in [-0.2, -0.15) is 0 Å². The Kier molecular flexibility index (Phi) is 5.77. The second-order valence-corrected chi connectivity index (χ2v) is 7.23. The van der Waals surface area contributed by atoms with E-state index in [2.05, 4.69) is 4.90 Å². The molecule has 1 aromatic carbocycles. The molecule has 132 valence electrons. The zero-order chi connectivity index (χ0) is 16.8. The molecule has 0 unspecified atom stereocenters. The van der Waals surface area contributed by atoms with Crippen molar-refractivity contribution in [1.82, 2.24) is 4.90 Å². The minimum Gasteiger partial charge on any atom is -0.507 e. The molecule has 0 bridgehead atoms. The molecule has 24 heavy (non-hydrogen) atoms. The number of piperidine rings is 1. The molecule has 0 aromatic heterocycles. The van der Waals surface area contributed by atoms with Gasteiger partial charge in [-0.05, 0) is 57.0 Å². The Morgan fingerprint density at radius 3 is 2.54 bits per heavy atom. The summed E-state index contributed by atoms with van der Waals surface area (Å²) in [7, 11) is 1.64. The molecule has 0 spiro atoms. The maximum absolute atomic E-state index is 10.0. The van der Waals surface area contributed by atoms with Crippen molar-refractivity contribution in [2.45, 2.75) is 56.9 Å². The lowest BCUT2D eigenvalue weighted by Gasteiger charge is -2.47. The van der Waals surface area contributed by atoms with Crippen LogP contribution in [0.25, 0.3) is 0 Å². The highest BCUT2D eigenvalue weighted by molar-refractivity contribution is 5.84. The summed E-state index contributed by atoms with van der Waals surface area (Å²) in [6.45, 7) is 3.28. The van der Waals surface area contributed by atoms with E-state index in [9.17, 15) is 5.11 Å². The number of methoxy groups -OCH3 is 1. The van der Waals surface area contributed by atoms with E-state index in [1.165, 1.54) is 64.5 Å². The predicted octanol–water partition coefficient (Wildman–Crippen LogP) is 4.01. The summed E-state index contributed by atoms with van der Waals surface area (Å²) >= 11 is 0. The molecule has 1 saturated carbocycles. The van der Waals surface area contributed by atoms with Crippen LogP contribution in [0.15, 0.2) is 23.2 Å². The molecule has 0 radical (unpaired) electrons. The molecule has 1 saturated heterocycles. The van der Waals surface area contributed by atoms with Crippen LogP contribution in [0, 0.1) is 0 Å². The number of aliphatic imine (C=N–C) groups is 1. The fourth-order valence-corrected chi connectivity index (χ4v) is 4.23. The summed E-state index contributed by atoms with van der Waals surface area (Å²) < 4.78 is 5.24. The van der Waals surface area contributed by atoms with Crippen molar-refractivity contribution in [3.63, 3.8) is 0 Å². The first-order valence-electron chi connectivity index (χ1n) is 9.35. The summed E-state index contributed by atoms with van der Waals surface area (Å²) in [6.07, 6.45) is 12.3. The van der Waals surface area contributed by atoms with Gasteiger partial charge in [-0.25, -0.2) is 0 Å². The Morgan fingerprint density at radius 1 is 1.12 bits per heavy atom. The van der Waals surface area contributed by atoms with Crippen LogP contribution in [0.2, 0.25) is 0 Å². The second kappa shape index (κ2) is 8.02. The van der Waals surface area contributed by atoms with E-state index >= 15 is 0 Å². The topological polar surface area (TPSA) is 45.1 Å². The van der Waals surface area contributed by atoms with Crippen molar-refractivity contribution in [2.24, 2.45) is 4.99 Å². The number of benzene rings is 1. The largest absolute Gasteiger partial charge is 0.507 e. The molecular weight excluding hydrogens is 300 g/mol. The average molecular weight is 330 g/mol. The van der Waals surface area contributed by atoms with E-state index in [1.54, 1.807) is 19.2 Å². The van der Waals surface area contributed by atoms with Crippen molar-refractivity contribution in [3.8, 4) is 11.5 Å². The fraction of sp³-hybridized carbons (Fsp3) is 0.650. The van der Waals surface area contributed by atoms with Gasteiger partial charge in [0.05, 0.1) is 13.7 Å². The molecule has 2 aliphatic rings. The van der Waals surface area contributed by atoms with Gasteiger partial charge in [-0.1, -0.05) is 25.7 Å². The van der Waals surface area contributed by atoms with E-state index < -0.39 is 0 Å². The van der Waals surface area contributed by atoms with Crippen molar-refractivity contribution in [2.75, 3.05) is 26.7 Å². The lowest BCUT2D eigenvalue weighted by Crippen LogP contribution is -2.54. The monoisotopic (exact) mass is 330 g/mol. The first-order chi connectivity index (χ1) is 11.7. The maximum Gasteiger partial charge on any atom is 0.124 e. The lowest BCUT2D eigenvalue weighted by molar-refractivity contribution is 0.0409. The van der Waals surface area contributed by atoms with Crippen LogP contribution in [0.1, 0.15) is 56.9 Å². The Balaban J connectivity index is 1.73. The van der Waals surface area contributed by atoms with Gasteiger partial charge in [0.2, 0.25) is 0 Å². The Morgan fingerprint density at radius 2 is 1.83 bits per heavy atom. The van der Waals surface area contributed by atoms with Crippen LogP contribution in [-0.2, 0) is 0 Å². The van der Waals surface area contributed by atoms with Crippen LogP contribution in [0.4, 0.5) is 0 Å². The third-order valence-corrected chi connectivity index (χ3v) is 5.66. The van der Waals surface area contributed by atoms with Gasteiger partial charge in [0.15, 0.2) is 0 Å². The summed E-state index contributed by atoms with van der Waals surface area (Å²) in [5.41, 5.74) is 0.975. The summed E-state index contributed by atoms with van der Waals surface area (Å²) in [5.74, 6) is 1.01. The van der Waals surface area contributed by atoms with Gasteiger partial charge in [0.1, 0.15) is 11.5 Å². The molecule has 4 heteroatoms. The van der Waals surface area contributed by atoms with Crippen LogP contribution < -0.4 is 4.74 Å². The Hall–Kier alpha value is -1.55. The predicted molar refractivity (Wildman–Crippen MR) is 98.4 cm³/mol. The van der Waals surface area contributed by atoms with Gasteiger partial charge in [0.25, 0.3) is 0 Å². The van der Waals surface area contributed by atoms with Crippen molar-refractivity contribution in [1.29, 1.82) is 0 Å². The van der Waals surface area contributed by atoms with E-state index in [-0.39, 0.29) is 11.3 Å². The Bertz CT molecular complexity index is 559. The standard InChI is InChI=1S/C20H30N2O2/c1-24-18-8-9-19(23)17(14-18)15-21-16-20(10-4-2-5-11-20)22-12-6-3-7-13-22/h8-9,14-15,23H,2-7,10-13,16H2,1H3. The minimum atomic E-state index is 0.240.